The van der Waals surface area contributed by atoms with Gasteiger partial charge in [0.25, 0.3) is 0 Å². The number of benzene rings is 1. The van der Waals surface area contributed by atoms with Crippen molar-refractivity contribution in [3.8, 4) is 5.75 Å². The van der Waals surface area contributed by atoms with E-state index >= 15 is 0 Å². The maximum atomic E-state index is 13.4. The monoisotopic (exact) mass is 239 g/mol. The number of hydrogen-bond donors (Lipinski definition) is 2. The van der Waals surface area contributed by atoms with Crippen LogP contribution in [-0.4, -0.2) is 18.3 Å². The van der Waals surface area contributed by atoms with Crippen molar-refractivity contribution < 1.29 is 14.2 Å². The van der Waals surface area contributed by atoms with Gasteiger partial charge in [0.2, 0.25) is 0 Å². The summed E-state index contributed by atoms with van der Waals surface area (Å²) in [6.07, 6.45) is 1.72. The minimum absolute atomic E-state index is 0.246. The lowest BCUT2D eigenvalue weighted by atomic mass is 9.85. The van der Waals surface area contributed by atoms with Crippen molar-refractivity contribution in [1.29, 1.82) is 0 Å². The first-order chi connectivity index (χ1) is 8.11. The third-order valence-electron chi connectivity index (χ3n) is 3.49. The maximum absolute atomic E-state index is 13.4. The molecule has 0 spiro atoms. The van der Waals surface area contributed by atoms with Crippen LogP contribution < -0.4 is 5.73 Å². The third-order valence-corrected chi connectivity index (χ3v) is 3.49. The molecule has 0 aliphatic carbocycles. The number of rotatable bonds is 2. The zero-order valence-corrected chi connectivity index (χ0v) is 9.95. The number of aryl methyl sites for hydroxylation is 1. The van der Waals surface area contributed by atoms with Gasteiger partial charge in [-0.25, -0.2) is 4.39 Å². The van der Waals surface area contributed by atoms with E-state index in [9.17, 15) is 9.50 Å². The topological polar surface area (TPSA) is 55.5 Å². The Morgan fingerprint density at radius 2 is 2.06 bits per heavy atom. The van der Waals surface area contributed by atoms with Crippen LogP contribution in [0.2, 0.25) is 0 Å². The zero-order valence-electron chi connectivity index (χ0n) is 9.95. The molecule has 0 radical (unpaired) electrons. The molecule has 0 aromatic heterocycles. The normalized spacial score (nSPS) is 19.2. The zero-order chi connectivity index (χ0) is 12.4. The Morgan fingerprint density at radius 3 is 2.71 bits per heavy atom. The van der Waals surface area contributed by atoms with E-state index in [4.69, 9.17) is 10.5 Å². The first-order valence-electron chi connectivity index (χ1n) is 5.92. The van der Waals surface area contributed by atoms with Gasteiger partial charge in [-0.05, 0) is 37.3 Å². The van der Waals surface area contributed by atoms with Crippen LogP contribution in [0.1, 0.15) is 30.0 Å². The van der Waals surface area contributed by atoms with Crippen LogP contribution in [0.15, 0.2) is 12.1 Å². The van der Waals surface area contributed by atoms with Crippen LogP contribution >= 0.6 is 0 Å². The SMILES string of the molecule is Cc1ccc(F)c(O)c1[C@H](N)C1CCOCC1. The molecule has 1 aromatic carbocycles. The van der Waals surface area contributed by atoms with Gasteiger partial charge in [-0.3, -0.25) is 0 Å². The van der Waals surface area contributed by atoms with Crippen molar-refractivity contribution in [2.75, 3.05) is 13.2 Å². The Bertz CT molecular complexity index is 403. The molecule has 3 nitrogen and oxygen atoms in total. The molecule has 1 atom stereocenters. The fraction of sp³-hybridized carbons (Fsp3) is 0.538. The molecule has 1 fully saturated rings. The van der Waals surface area contributed by atoms with Crippen LogP contribution in [0.4, 0.5) is 4.39 Å². The highest BCUT2D eigenvalue weighted by atomic mass is 19.1. The highest BCUT2D eigenvalue weighted by Crippen LogP contribution is 2.36. The molecule has 4 heteroatoms. The van der Waals surface area contributed by atoms with Gasteiger partial charge in [0, 0.05) is 24.8 Å². The van der Waals surface area contributed by atoms with E-state index in [-0.39, 0.29) is 17.7 Å². The van der Waals surface area contributed by atoms with Gasteiger partial charge >= 0.3 is 0 Å². The van der Waals surface area contributed by atoms with Crippen LogP contribution in [0, 0.1) is 18.7 Å². The Labute approximate surface area is 100 Å². The minimum Gasteiger partial charge on any atom is -0.505 e. The second kappa shape index (κ2) is 5.02. The van der Waals surface area contributed by atoms with Gasteiger partial charge in [0.1, 0.15) is 0 Å². The number of hydrogen-bond acceptors (Lipinski definition) is 3. The average Bonchev–Trinajstić information content (AvgIpc) is 2.35. The average molecular weight is 239 g/mol. The van der Waals surface area contributed by atoms with Crippen molar-refractivity contribution in [2.24, 2.45) is 11.7 Å². The lowest BCUT2D eigenvalue weighted by molar-refractivity contribution is 0.0580. The summed E-state index contributed by atoms with van der Waals surface area (Å²) in [5, 5.41) is 9.79. The fourth-order valence-corrected chi connectivity index (χ4v) is 2.41. The van der Waals surface area contributed by atoms with E-state index in [1.54, 1.807) is 6.07 Å². The molecule has 94 valence electrons. The standard InChI is InChI=1S/C13H18FNO2/c1-8-2-3-10(14)13(16)11(8)12(15)9-4-6-17-7-5-9/h2-3,9,12,16H,4-7,15H2,1H3/t12-/m1/s1. The summed E-state index contributed by atoms with van der Waals surface area (Å²) in [5.74, 6) is -0.660. The first kappa shape index (κ1) is 12.3. The van der Waals surface area contributed by atoms with Gasteiger partial charge in [-0.2, -0.15) is 0 Å². The number of phenols is 1. The fourth-order valence-electron chi connectivity index (χ4n) is 2.41. The summed E-state index contributed by atoms with van der Waals surface area (Å²) in [6, 6.07) is 2.60. The predicted molar refractivity (Wildman–Crippen MR) is 63.3 cm³/mol. The van der Waals surface area contributed by atoms with Crippen LogP contribution in [0.3, 0.4) is 0 Å². The van der Waals surface area contributed by atoms with Crippen LogP contribution in [0.5, 0.6) is 5.75 Å². The Morgan fingerprint density at radius 1 is 1.41 bits per heavy atom. The van der Waals surface area contributed by atoms with Crippen molar-refractivity contribution in [2.45, 2.75) is 25.8 Å². The number of aromatic hydroxyl groups is 1. The third kappa shape index (κ3) is 2.42. The predicted octanol–water partition coefficient (Wildman–Crippen LogP) is 2.27. The molecule has 1 aromatic rings. The molecule has 1 saturated heterocycles. The second-order valence-electron chi connectivity index (χ2n) is 4.60. The van der Waals surface area contributed by atoms with Gasteiger partial charge in [0.05, 0.1) is 0 Å². The quantitative estimate of drug-likeness (QED) is 0.832. The molecule has 1 heterocycles. The molecule has 0 bridgehead atoms. The summed E-state index contributed by atoms with van der Waals surface area (Å²) < 4.78 is 18.6. The van der Waals surface area contributed by atoms with Gasteiger partial charge in [-0.1, -0.05) is 6.07 Å². The lowest BCUT2D eigenvalue weighted by Crippen LogP contribution is -2.28. The van der Waals surface area contributed by atoms with Gasteiger partial charge in [0.15, 0.2) is 11.6 Å². The molecule has 3 N–H and O–H groups in total. The van der Waals surface area contributed by atoms with Crippen molar-refractivity contribution in [3.63, 3.8) is 0 Å². The summed E-state index contributed by atoms with van der Waals surface area (Å²) in [7, 11) is 0. The van der Waals surface area contributed by atoms with E-state index in [1.807, 2.05) is 6.92 Å². The molecular formula is C13H18FNO2. The van der Waals surface area contributed by atoms with Crippen molar-refractivity contribution >= 4 is 0 Å². The summed E-state index contributed by atoms with van der Waals surface area (Å²) in [5.41, 5.74) is 7.53. The molecule has 0 amide bonds. The van der Waals surface area contributed by atoms with E-state index in [2.05, 4.69) is 0 Å². The number of ether oxygens (including phenoxy) is 1. The van der Waals surface area contributed by atoms with Crippen molar-refractivity contribution in [1.82, 2.24) is 0 Å². The van der Waals surface area contributed by atoms with Crippen LogP contribution in [-0.2, 0) is 4.74 Å². The van der Waals surface area contributed by atoms with Gasteiger partial charge < -0.3 is 15.6 Å². The van der Waals surface area contributed by atoms with E-state index < -0.39 is 5.82 Å². The maximum Gasteiger partial charge on any atom is 0.165 e. The van der Waals surface area contributed by atoms with Crippen molar-refractivity contribution in [3.05, 3.63) is 29.1 Å². The highest BCUT2D eigenvalue weighted by molar-refractivity contribution is 5.42. The Kier molecular flexibility index (Phi) is 3.64. The summed E-state index contributed by atoms with van der Waals surface area (Å²) in [4.78, 5) is 0. The van der Waals surface area contributed by atoms with E-state index in [0.29, 0.717) is 18.8 Å². The Balaban J connectivity index is 2.29. The number of halogens is 1. The van der Waals surface area contributed by atoms with Gasteiger partial charge in [-0.15, -0.1) is 0 Å². The minimum atomic E-state index is -0.604. The molecule has 17 heavy (non-hydrogen) atoms. The smallest absolute Gasteiger partial charge is 0.165 e. The molecular weight excluding hydrogens is 221 g/mol. The molecule has 1 aliphatic heterocycles. The molecule has 1 aliphatic rings. The highest BCUT2D eigenvalue weighted by Gasteiger charge is 2.26. The number of phenolic OH excluding ortho intramolecular Hbond substituents is 1. The number of nitrogens with two attached hydrogens (primary N) is 1. The lowest BCUT2D eigenvalue weighted by Gasteiger charge is -2.29. The molecule has 0 saturated carbocycles. The van der Waals surface area contributed by atoms with E-state index in [0.717, 1.165) is 18.4 Å². The molecule has 0 unspecified atom stereocenters. The van der Waals surface area contributed by atoms with Crippen LogP contribution in [0.25, 0.3) is 0 Å². The Hall–Kier alpha value is -1.13. The first-order valence-corrected chi connectivity index (χ1v) is 5.92. The molecule has 2 rings (SSSR count). The summed E-state index contributed by atoms with van der Waals surface area (Å²) >= 11 is 0. The summed E-state index contributed by atoms with van der Waals surface area (Å²) in [6.45, 7) is 3.22. The second-order valence-corrected chi connectivity index (χ2v) is 4.60. The van der Waals surface area contributed by atoms with E-state index in [1.165, 1.54) is 6.07 Å². The largest absolute Gasteiger partial charge is 0.505 e.